The van der Waals surface area contributed by atoms with Crippen molar-refractivity contribution >= 4 is 41.0 Å². The summed E-state index contributed by atoms with van der Waals surface area (Å²) in [6, 6.07) is 18.6. The van der Waals surface area contributed by atoms with Crippen molar-refractivity contribution in [3.05, 3.63) is 106 Å². The number of amides is 2. The smallest absolute Gasteiger partial charge is 0.305 e. The Labute approximate surface area is 286 Å². The molecule has 0 bridgehead atoms. The lowest BCUT2D eigenvalue weighted by Crippen LogP contribution is -2.48. The Bertz CT molecular complexity index is 1920. The van der Waals surface area contributed by atoms with Gasteiger partial charge in [0.1, 0.15) is 6.04 Å². The van der Waals surface area contributed by atoms with Crippen molar-refractivity contribution in [3.63, 3.8) is 0 Å². The predicted octanol–water partition coefficient (Wildman–Crippen LogP) is 6.40. The Hall–Kier alpha value is -5.13. The number of carbonyl (C=O) groups excluding carboxylic acids is 2. The van der Waals surface area contributed by atoms with Gasteiger partial charge in [0.15, 0.2) is 5.82 Å². The van der Waals surface area contributed by atoms with Crippen LogP contribution in [0.5, 0.6) is 0 Å². The summed E-state index contributed by atoms with van der Waals surface area (Å²) in [5.41, 5.74) is 4.06. The second-order valence-electron chi connectivity index (χ2n) is 12.0. The molecule has 2 amide bonds. The van der Waals surface area contributed by atoms with Gasteiger partial charge in [0, 0.05) is 42.0 Å². The third-order valence-corrected chi connectivity index (χ3v) is 8.17. The zero-order valence-corrected chi connectivity index (χ0v) is 27.8. The molecule has 13 heteroatoms. The van der Waals surface area contributed by atoms with E-state index in [0.29, 0.717) is 38.4 Å². The molecule has 11 nitrogen and oxygen atoms in total. The normalized spacial score (nSPS) is 11.9. The van der Waals surface area contributed by atoms with E-state index in [0.717, 1.165) is 16.7 Å². The number of aliphatic carboxylic acids is 1. The molecule has 1 unspecified atom stereocenters. The Morgan fingerprint density at radius 1 is 0.854 bits per heavy atom. The van der Waals surface area contributed by atoms with Crippen molar-refractivity contribution < 1.29 is 24.0 Å². The first kappa shape index (κ1) is 34.2. The molecule has 2 aromatic heterocycles. The van der Waals surface area contributed by atoms with Gasteiger partial charge in [0.25, 0.3) is 11.8 Å². The summed E-state index contributed by atoms with van der Waals surface area (Å²) in [7, 11) is 0. The molecule has 0 fully saturated rings. The minimum atomic E-state index is -1.04. The fourth-order valence-corrected chi connectivity index (χ4v) is 4.99. The molecule has 1 atom stereocenters. The van der Waals surface area contributed by atoms with Crippen LogP contribution < -0.4 is 10.6 Å². The molecule has 5 rings (SSSR count). The Balaban J connectivity index is 1.27. The van der Waals surface area contributed by atoms with Crippen molar-refractivity contribution in [1.82, 2.24) is 30.7 Å². The van der Waals surface area contributed by atoms with E-state index in [1.165, 1.54) is 0 Å². The van der Waals surface area contributed by atoms with E-state index in [1.54, 1.807) is 42.7 Å². The summed E-state index contributed by atoms with van der Waals surface area (Å²) in [5.74, 6) is -0.911. The SMILES string of the molecule is CC(C)(C)c1ccc(C(=O)NC(Cc2ccc(-c3ncc(-c4nc(-c5ccc(Cl)c(Cl)c5)no4)cn3)cc2)C(=O)NCCC(=O)O)cc1. The topological polar surface area (TPSA) is 160 Å². The summed E-state index contributed by atoms with van der Waals surface area (Å²) in [4.78, 5) is 50.5. The largest absolute Gasteiger partial charge is 0.481 e. The highest BCUT2D eigenvalue weighted by Crippen LogP contribution is 2.29. The second-order valence-corrected chi connectivity index (χ2v) is 12.9. The first-order chi connectivity index (χ1) is 22.9. The first-order valence-corrected chi connectivity index (χ1v) is 15.7. The number of rotatable bonds is 11. The first-order valence-electron chi connectivity index (χ1n) is 15.0. The van der Waals surface area contributed by atoms with Crippen LogP contribution in [-0.4, -0.2) is 55.6 Å². The van der Waals surface area contributed by atoms with Gasteiger partial charge in [-0.25, -0.2) is 9.97 Å². The zero-order chi connectivity index (χ0) is 34.4. The predicted molar refractivity (Wildman–Crippen MR) is 182 cm³/mol. The van der Waals surface area contributed by atoms with Crippen LogP contribution in [0.25, 0.3) is 34.2 Å². The summed E-state index contributed by atoms with van der Waals surface area (Å²) >= 11 is 12.1. The number of carbonyl (C=O) groups is 3. The third-order valence-electron chi connectivity index (χ3n) is 7.43. The molecular formula is C35H32Cl2N6O5. The Morgan fingerprint density at radius 3 is 2.15 bits per heavy atom. The van der Waals surface area contributed by atoms with E-state index >= 15 is 0 Å². The summed E-state index contributed by atoms with van der Waals surface area (Å²) < 4.78 is 5.39. The number of hydrogen-bond acceptors (Lipinski definition) is 8. The molecule has 0 aliphatic carbocycles. The van der Waals surface area contributed by atoms with Crippen LogP contribution >= 0.6 is 23.2 Å². The maximum absolute atomic E-state index is 13.1. The molecule has 0 aliphatic rings. The highest BCUT2D eigenvalue weighted by Gasteiger charge is 2.23. The van der Waals surface area contributed by atoms with Gasteiger partial charge < -0.3 is 20.3 Å². The molecule has 3 N–H and O–H groups in total. The molecule has 246 valence electrons. The lowest BCUT2D eigenvalue weighted by atomic mass is 9.86. The quantitative estimate of drug-likeness (QED) is 0.143. The number of benzene rings is 3. The molecule has 0 saturated carbocycles. The van der Waals surface area contributed by atoms with E-state index in [-0.39, 0.29) is 30.7 Å². The number of hydrogen-bond donors (Lipinski definition) is 3. The Morgan fingerprint density at radius 2 is 1.52 bits per heavy atom. The van der Waals surface area contributed by atoms with E-state index in [4.69, 9.17) is 32.8 Å². The molecule has 0 aliphatic heterocycles. The van der Waals surface area contributed by atoms with Gasteiger partial charge in [-0.3, -0.25) is 14.4 Å². The van der Waals surface area contributed by atoms with Crippen LogP contribution in [0.1, 0.15) is 48.7 Å². The molecule has 0 radical (unpaired) electrons. The zero-order valence-electron chi connectivity index (χ0n) is 26.3. The minimum absolute atomic E-state index is 0.0620. The molecule has 48 heavy (non-hydrogen) atoms. The van der Waals surface area contributed by atoms with Gasteiger partial charge in [0.05, 0.1) is 22.0 Å². The number of halogens is 2. The van der Waals surface area contributed by atoms with Gasteiger partial charge in [0.2, 0.25) is 11.7 Å². The van der Waals surface area contributed by atoms with Gasteiger partial charge in [-0.05, 0) is 46.9 Å². The monoisotopic (exact) mass is 686 g/mol. The van der Waals surface area contributed by atoms with Crippen LogP contribution in [0.15, 0.2) is 83.6 Å². The highest BCUT2D eigenvalue weighted by atomic mass is 35.5. The van der Waals surface area contributed by atoms with E-state index in [9.17, 15) is 14.4 Å². The number of aromatic nitrogens is 4. The number of nitrogens with one attached hydrogen (secondary N) is 2. The average molecular weight is 688 g/mol. The number of carboxylic acids is 1. The fraction of sp³-hybridized carbons (Fsp3) is 0.229. The average Bonchev–Trinajstić information content (AvgIpc) is 3.56. The molecule has 5 aromatic rings. The lowest BCUT2D eigenvalue weighted by molar-refractivity contribution is -0.137. The molecular weight excluding hydrogens is 655 g/mol. The molecule has 3 aromatic carbocycles. The van der Waals surface area contributed by atoms with Crippen molar-refractivity contribution in [2.75, 3.05) is 6.54 Å². The van der Waals surface area contributed by atoms with Crippen molar-refractivity contribution in [2.24, 2.45) is 0 Å². The van der Waals surface area contributed by atoms with Crippen molar-refractivity contribution in [1.29, 1.82) is 0 Å². The number of nitrogens with zero attached hydrogens (tertiary/aromatic N) is 4. The summed E-state index contributed by atoms with van der Waals surface area (Å²) in [6.45, 7) is 6.18. The van der Waals surface area contributed by atoms with Crippen molar-refractivity contribution in [3.8, 4) is 34.2 Å². The molecule has 2 heterocycles. The Kier molecular flexibility index (Phi) is 10.5. The van der Waals surface area contributed by atoms with E-state index < -0.39 is 23.8 Å². The van der Waals surface area contributed by atoms with Crippen LogP contribution in [-0.2, 0) is 21.4 Å². The highest BCUT2D eigenvalue weighted by molar-refractivity contribution is 6.42. The number of carboxylic acid groups (broad SMARTS) is 1. The van der Waals surface area contributed by atoms with Gasteiger partial charge in [-0.15, -0.1) is 0 Å². The van der Waals surface area contributed by atoms with Gasteiger partial charge >= 0.3 is 5.97 Å². The van der Waals surface area contributed by atoms with E-state index in [1.807, 2.05) is 36.4 Å². The maximum atomic E-state index is 13.1. The van der Waals surface area contributed by atoms with Gasteiger partial charge in [-0.1, -0.05) is 85.5 Å². The van der Waals surface area contributed by atoms with Crippen LogP contribution in [0.2, 0.25) is 10.0 Å². The van der Waals surface area contributed by atoms with Crippen LogP contribution in [0.3, 0.4) is 0 Å². The minimum Gasteiger partial charge on any atom is -0.481 e. The molecule has 0 saturated heterocycles. The second kappa shape index (κ2) is 14.7. The summed E-state index contributed by atoms with van der Waals surface area (Å²) in [6.07, 6.45) is 3.08. The maximum Gasteiger partial charge on any atom is 0.305 e. The van der Waals surface area contributed by atoms with Crippen LogP contribution in [0, 0.1) is 0 Å². The fourth-order valence-electron chi connectivity index (χ4n) is 4.69. The lowest BCUT2D eigenvalue weighted by Gasteiger charge is -2.20. The van der Waals surface area contributed by atoms with Crippen LogP contribution in [0.4, 0.5) is 0 Å². The van der Waals surface area contributed by atoms with Crippen molar-refractivity contribution in [2.45, 2.75) is 45.1 Å². The molecule has 0 spiro atoms. The van der Waals surface area contributed by atoms with E-state index in [2.05, 4.69) is 51.5 Å². The standard InChI is InChI=1S/C35H32Cl2N6O5/c1-35(2,3)25-11-8-22(9-12-25)32(46)41-28(33(47)38-15-14-29(44)45)16-20-4-6-21(7-5-20)30-39-18-24(19-40-30)34-42-31(43-48-34)23-10-13-26(36)27(37)17-23/h4-13,17-19,28H,14-16H2,1-3H3,(H,38,47)(H,41,46)(H,44,45). The van der Waals surface area contributed by atoms with Gasteiger partial charge in [-0.2, -0.15) is 4.98 Å². The summed E-state index contributed by atoms with van der Waals surface area (Å²) in [5, 5.41) is 19.2. The third kappa shape index (κ3) is 8.61.